The molecule has 1 atom stereocenters. The van der Waals surface area contributed by atoms with Crippen molar-refractivity contribution in [3.63, 3.8) is 0 Å². The van der Waals surface area contributed by atoms with E-state index in [2.05, 4.69) is 9.97 Å². The zero-order valence-corrected chi connectivity index (χ0v) is 23.4. The molecule has 0 aliphatic carbocycles. The fourth-order valence-corrected chi connectivity index (χ4v) is 6.44. The lowest BCUT2D eigenvalue weighted by Crippen LogP contribution is -2.33. The van der Waals surface area contributed by atoms with Gasteiger partial charge in [-0.3, -0.25) is 14.3 Å². The van der Waals surface area contributed by atoms with Gasteiger partial charge >= 0.3 is 0 Å². The molecule has 3 heterocycles. The highest BCUT2D eigenvalue weighted by atomic mass is 32.2. The molecule has 1 aliphatic rings. The number of aryl methyl sites for hydroxylation is 2. The number of sulfone groups is 1. The third kappa shape index (κ3) is 4.83. The van der Waals surface area contributed by atoms with Crippen LogP contribution in [0.1, 0.15) is 56.2 Å². The molecule has 1 N–H and O–H groups in total. The average molecular weight is 562 g/mol. The molecule has 0 saturated carbocycles. The van der Waals surface area contributed by atoms with Crippen molar-refractivity contribution in [2.75, 3.05) is 6.79 Å². The highest BCUT2D eigenvalue weighted by Crippen LogP contribution is 2.41. The van der Waals surface area contributed by atoms with Gasteiger partial charge in [0, 0.05) is 29.4 Å². The SMILES string of the molecule is CCCCc1nc(O)c(S(=O)(=O)c2ccc(-c3cccnc3C)cc2)c(=O)n1[C@@H](CC)c1cccc2c1OCO2. The first-order chi connectivity index (χ1) is 19.3. The van der Waals surface area contributed by atoms with Gasteiger partial charge in [-0.2, -0.15) is 4.98 Å². The Bertz CT molecular complexity index is 1710. The Kier molecular flexibility index (Phi) is 7.62. The zero-order valence-electron chi connectivity index (χ0n) is 22.6. The number of nitrogens with zero attached hydrogens (tertiary/aromatic N) is 3. The molecule has 4 aromatic rings. The maximum Gasteiger partial charge on any atom is 0.277 e. The van der Waals surface area contributed by atoms with E-state index >= 15 is 0 Å². The summed E-state index contributed by atoms with van der Waals surface area (Å²) in [6, 6.07) is 14.7. The highest BCUT2D eigenvalue weighted by Gasteiger charge is 2.33. The molecular formula is C30H31N3O6S. The maximum absolute atomic E-state index is 14.1. The highest BCUT2D eigenvalue weighted by molar-refractivity contribution is 7.91. The van der Waals surface area contributed by atoms with E-state index in [1.807, 2.05) is 39.0 Å². The van der Waals surface area contributed by atoms with Crippen LogP contribution in [0.4, 0.5) is 0 Å². The molecule has 0 bridgehead atoms. The van der Waals surface area contributed by atoms with Crippen LogP contribution in [0.5, 0.6) is 17.4 Å². The van der Waals surface area contributed by atoms with Crippen molar-refractivity contribution in [1.29, 1.82) is 0 Å². The number of unbranched alkanes of at least 4 members (excludes halogenated alkanes) is 1. The van der Waals surface area contributed by atoms with Gasteiger partial charge < -0.3 is 14.6 Å². The Morgan fingerprint density at radius 3 is 2.52 bits per heavy atom. The van der Waals surface area contributed by atoms with E-state index in [-0.39, 0.29) is 11.7 Å². The van der Waals surface area contributed by atoms with Crippen molar-refractivity contribution in [2.45, 2.75) is 62.3 Å². The molecule has 0 amide bonds. The van der Waals surface area contributed by atoms with Crippen LogP contribution >= 0.6 is 0 Å². The lowest BCUT2D eigenvalue weighted by Gasteiger charge is -2.24. The van der Waals surface area contributed by atoms with Crippen molar-refractivity contribution in [1.82, 2.24) is 14.5 Å². The minimum absolute atomic E-state index is 0.0579. The summed E-state index contributed by atoms with van der Waals surface area (Å²) in [6.45, 7) is 5.83. The number of aromatic hydroxyl groups is 1. The first kappa shape index (κ1) is 27.4. The van der Waals surface area contributed by atoms with E-state index in [9.17, 15) is 18.3 Å². The molecule has 1 aliphatic heterocycles. The summed E-state index contributed by atoms with van der Waals surface area (Å²) < 4.78 is 40.3. The molecule has 2 aromatic heterocycles. The second kappa shape index (κ2) is 11.1. The third-order valence-electron chi connectivity index (χ3n) is 7.12. The summed E-state index contributed by atoms with van der Waals surface area (Å²) in [6.07, 6.45) is 4.06. The summed E-state index contributed by atoms with van der Waals surface area (Å²) in [5, 5.41) is 10.9. The van der Waals surface area contributed by atoms with E-state index in [0.29, 0.717) is 42.1 Å². The molecule has 0 spiro atoms. The van der Waals surface area contributed by atoms with Crippen molar-refractivity contribution in [3.05, 3.63) is 88.2 Å². The molecule has 2 aromatic carbocycles. The van der Waals surface area contributed by atoms with Gasteiger partial charge in [-0.15, -0.1) is 0 Å². The van der Waals surface area contributed by atoms with E-state index < -0.39 is 32.2 Å². The number of fused-ring (bicyclic) bond motifs is 1. The van der Waals surface area contributed by atoms with Gasteiger partial charge in [0.1, 0.15) is 5.82 Å². The normalized spacial score (nSPS) is 13.4. The summed E-state index contributed by atoms with van der Waals surface area (Å²) in [7, 11) is -4.42. The number of aromatic nitrogens is 3. The monoisotopic (exact) mass is 561 g/mol. The predicted molar refractivity (Wildman–Crippen MR) is 150 cm³/mol. The molecular weight excluding hydrogens is 530 g/mol. The first-order valence-corrected chi connectivity index (χ1v) is 14.8. The van der Waals surface area contributed by atoms with Gasteiger partial charge in [0.25, 0.3) is 5.56 Å². The summed E-state index contributed by atoms with van der Waals surface area (Å²) in [5.41, 5.74) is 2.31. The Balaban J connectivity index is 1.65. The van der Waals surface area contributed by atoms with Gasteiger partial charge in [-0.05, 0) is 49.6 Å². The van der Waals surface area contributed by atoms with Crippen LogP contribution in [-0.4, -0.2) is 34.9 Å². The largest absolute Gasteiger partial charge is 0.492 e. The van der Waals surface area contributed by atoms with Crippen LogP contribution in [0.3, 0.4) is 0 Å². The molecule has 5 rings (SSSR count). The second-order valence-electron chi connectivity index (χ2n) is 9.63. The quantitative estimate of drug-likeness (QED) is 0.295. The van der Waals surface area contributed by atoms with Gasteiger partial charge in [-0.25, -0.2) is 8.42 Å². The molecule has 0 saturated heterocycles. The fourth-order valence-electron chi connectivity index (χ4n) is 5.09. The number of hydrogen-bond acceptors (Lipinski definition) is 8. The summed E-state index contributed by atoms with van der Waals surface area (Å²) in [4.78, 5) is 21.8. The smallest absolute Gasteiger partial charge is 0.277 e. The number of benzene rings is 2. The van der Waals surface area contributed by atoms with E-state index in [1.165, 1.54) is 16.7 Å². The minimum Gasteiger partial charge on any atom is -0.492 e. The standard InChI is InChI=1S/C30H31N3O6S/c1-4-6-12-26-32-29(34)28(30(35)33(26)24(5-2)23-9-7-11-25-27(23)39-18-38-25)40(36,37)21-15-13-20(14-16-21)22-10-8-17-31-19(22)3/h7-11,13-17,24,34H,4-6,12,18H2,1-3H3/t24-/m0/s1. The Morgan fingerprint density at radius 2 is 1.82 bits per heavy atom. The van der Waals surface area contributed by atoms with Crippen LogP contribution < -0.4 is 15.0 Å². The molecule has 10 heteroatoms. The Hall–Kier alpha value is -4.18. The van der Waals surface area contributed by atoms with Crippen molar-refractivity contribution in [3.8, 4) is 28.5 Å². The Labute approximate surface area is 233 Å². The molecule has 0 unspecified atom stereocenters. The van der Waals surface area contributed by atoms with Crippen LogP contribution in [0, 0.1) is 6.92 Å². The van der Waals surface area contributed by atoms with Gasteiger partial charge in [0.2, 0.25) is 22.5 Å². The lowest BCUT2D eigenvalue weighted by atomic mass is 10.0. The topological polar surface area (TPSA) is 121 Å². The van der Waals surface area contributed by atoms with Crippen molar-refractivity contribution in [2.24, 2.45) is 0 Å². The predicted octanol–water partition coefficient (Wildman–Crippen LogP) is 5.22. The van der Waals surface area contributed by atoms with Crippen molar-refractivity contribution < 1.29 is 23.0 Å². The first-order valence-electron chi connectivity index (χ1n) is 13.3. The molecule has 208 valence electrons. The molecule has 40 heavy (non-hydrogen) atoms. The van der Waals surface area contributed by atoms with Crippen LogP contribution in [0.15, 0.2) is 75.4 Å². The van der Waals surface area contributed by atoms with Crippen LogP contribution in [0.25, 0.3) is 11.1 Å². The van der Waals surface area contributed by atoms with Crippen LogP contribution in [0.2, 0.25) is 0 Å². The van der Waals surface area contributed by atoms with Gasteiger partial charge in [0.15, 0.2) is 16.4 Å². The number of para-hydroxylation sites is 1. The molecule has 0 radical (unpaired) electrons. The van der Waals surface area contributed by atoms with E-state index in [1.54, 1.807) is 30.5 Å². The number of pyridine rings is 1. The van der Waals surface area contributed by atoms with Crippen LogP contribution in [-0.2, 0) is 16.3 Å². The summed E-state index contributed by atoms with van der Waals surface area (Å²) >= 11 is 0. The van der Waals surface area contributed by atoms with Gasteiger partial charge in [0.05, 0.1) is 10.9 Å². The number of ether oxygens (including phenoxy) is 2. The zero-order chi connectivity index (χ0) is 28.4. The second-order valence-corrected chi connectivity index (χ2v) is 11.5. The van der Waals surface area contributed by atoms with E-state index in [4.69, 9.17) is 9.47 Å². The lowest BCUT2D eigenvalue weighted by molar-refractivity contribution is 0.172. The average Bonchev–Trinajstić information content (AvgIpc) is 3.43. The molecule has 9 nitrogen and oxygen atoms in total. The van der Waals surface area contributed by atoms with Crippen molar-refractivity contribution >= 4 is 9.84 Å². The number of hydrogen-bond donors (Lipinski definition) is 1. The summed E-state index contributed by atoms with van der Waals surface area (Å²) in [5.74, 6) is 0.588. The van der Waals surface area contributed by atoms with Gasteiger partial charge in [-0.1, -0.05) is 50.6 Å². The Morgan fingerprint density at radius 1 is 1.05 bits per heavy atom. The van der Waals surface area contributed by atoms with E-state index in [0.717, 1.165) is 23.2 Å². The minimum atomic E-state index is -4.42. The number of rotatable bonds is 9. The molecule has 0 fully saturated rings. The maximum atomic E-state index is 14.1. The third-order valence-corrected chi connectivity index (χ3v) is 8.91. The fraction of sp³-hybridized carbons (Fsp3) is 0.300.